The Balaban J connectivity index is 1.78. The molecule has 2 heterocycles. The van der Waals surface area contributed by atoms with Gasteiger partial charge in [-0.15, -0.1) is 0 Å². The third-order valence-corrected chi connectivity index (χ3v) is 5.75. The number of aromatic amines is 1. The summed E-state index contributed by atoms with van der Waals surface area (Å²) in [6.07, 6.45) is 1.71. The fourth-order valence-corrected chi connectivity index (χ4v) is 4.46. The van der Waals surface area contributed by atoms with Crippen molar-refractivity contribution in [3.05, 3.63) is 71.2 Å². The number of nitrogens with zero attached hydrogens (tertiary/aromatic N) is 1. The van der Waals surface area contributed by atoms with Crippen molar-refractivity contribution in [2.24, 2.45) is 0 Å². The number of rotatable bonds is 1. The highest BCUT2D eigenvalue weighted by atomic mass is 19.1. The zero-order valence-corrected chi connectivity index (χ0v) is 14.5. The van der Waals surface area contributed by atoms with Crippen LogP contribution in [-0.4, -0.2) is 29.6 Å². The number of halogens is 1. The number of hydrogen-bond donors (Lipinski definition) is 1. The molecule has 5 heteroatoms. The van der Waals surface area contributed by atoms with Gasteiger partial charge in [0.25, 0.3) is 0 Å². The van der Waals surface area contributed by atoms with Gasteiger partial charge in [-0.2, -0.15) is 0 Å². The third-order valence-electron chi connectivity index (χ3n) is 5.75. The summed E-state index contributed by atoms with van der Waals surface area (Å²) in [6, 6.07) is 14.3. The van der Waals surface area contributed by atoms with Crippen LogP contribution in [0.15, 0.2) is 48.5 Å². The second-order valence-corrected chi connectivity index (χ2v) is 7.30. The number of hydrogen-bond acceptors (Lipinski definition) is 2. The summed E-state index contributed by atoms with van der Waals surface area (Å²) < 4.78 is 19.0. The average molecular weight is 350 g/mol. The molecular formula is C21H19FN2O2. The first-order valence-electron chi connectivity index (χ1n) is 8.84. The Hall–Kier alpha value is -2.82. The highest BCUT2D eigenvalue weighted by molar-refractivity contribution is 5.88. The second-order valence-electron chi connectivity index (χ2n) is 7.30. The van der Waals surface area contributed by atoms with Gasteiger partial charge in [-0.25, -0.2) is 9.18 Å². The minimum Gasteiger partial charge on any atom is -0.453 e. The summed E-state index contributed by atoms with van der Waals surface area (Å²) in [5.41, 5.74) is 4.04. The molecule has 2 aromatic carbocycles. The van der Waals surface area contributed by atoms with Crippen LogP contribution in [0, 0.1) is 5.82 Å². The Kier molecular flexibility index (Phi) is 3.17. The Morgan fingerprint density at radius 2 is 2.04 bits per heavy atom. The lowest BCUT2D eigenvalue weighted by molar-refractivity contribution is 0.101. The topological polar surface area (TPSA) is 45.3 Å². The number of amides is 1. The zero-order chi connectivity index (χ0) is 17.9. The van der Waals surface area contributed by atoms with E-state index in [0.717, 1.165) is 29.6 Å². The molecule has 5 rings (SSSR count). The molecule has 1 aromatic heterocycles. The Labute approximate surface area is 150 Å². The van der Waals surface area contributed by atoms with Crippen LogP contribution in [0.3, 0.4) is 0 Å². The third kappa shape index (κ3) is 2.09. The predicted octanol–water partition coefficient (Wildman–Crippen LogP) is 4.51. The van der Waals surface area contributed by atoms with Gasteiger partial charge < -0.3 is 9.72 Å². The normalized spacial score (nSPS) is 20.2. The van der Waals surface area contributed by atoms with Gasteiger partial charge >= 0.3 is 6.09 Å². The highest BCUT2D eigenvalue weighted by Crippen LogP contribution is 2.57. The van der Waals surface area contributed by atoms with E-state index in [1.54, 1.807) is 11.0 Å². The van der Waals surface area contributed by atoms with Crippen molar-refractivity contribution in [3.8, 4) is 0 Å². The van der Waals surface area contributed by atoms with Gasteiger partial charge in [0.15, 0.2) is 0 Å². The van der Waals surface area contributed by atoms with E-state index in [0.29, 0.717) is 6.54 Å². The molecule has 1 fully saturated rings. The van der Waals surface area contributed by atoms with Crippen molar-refractivity contribution in [2.75, 3.05) is 13.7 Å². The number of nitrogens with one attached hydrogen (secondary N) is 1. The predicted molar refractivity (Wildman–Crippen MR) is 96.6 cm³/mol. The number of carbonyl (C=O) groups excluding carboxylic acids is 1. The van der Waals surface area contributed by atoms with E-state index in [-0.39, 0.29) is 23.4 Å². The van der Waals surface area contributed by atoms with E-state index in [2.05, 4.69) is 17.1 Å². The maximum atomic E-state index is 13.9. The number of para-hydroxylation sites is 1. The molecule has 1 atom stereocenters. The number of H-pyrrole nitrogens is 1. The van der Waals surface area contributed by atoms with E-state index in [1.165, 1.54) is 30.2 Å². The second kappa shape index (κ2) is 5.34. The summed E-state index contributed by atoms with van der Waals surface area (Å²) in [5, 5.41) is 1.20. The fourth-order valence-electron chi connectivity index (χ4n) is 4.46. The minimum absolute atomic E-state index is 0.0209. The summed E-state index contributed by atoms with van der Waals surface area (Å²) in [5.74, 6) is -0.309. The first-order valence-corrected chi connectivity index (χ1v) is 8.84. The van der Waals surface area contributed by atoms with Gasteiger partial charge in [-0.1, -0.05) is 30.3 Å². The van der Waals surface area contributed by atoms with Crippen LogP contribution in [0.2, 0.25) is 0 Å². The Morgan fingerprint density at radius 1 is 1.23 bits per heavy atom. The molecule has 1 aliphatic carbocycles. The maximum Gasteiger partial charge on any atom is 0.410 e. The van der Waals surface area contributed by atoms with Gasteiger partial charge in [0, 0.05) is 28.6 Å². The van der Waals surface area contributed by atoms with Gasteiger partial charge in [-0.3, -0.25) is 4.90 Å². The fraction of sp³-hybridized carbons (Fsp3) is 0.286. The average Bonchev–Trinajstić information content (AvgIpc) is 3.30. The molecule has 0 saturated heterocycles. The quantitative estimate of drug-likeness (QED) is 0.702. The molecule has 0 radical (unpaired) electrons. The number of benzene rings is 2. The molecule has 3 aromatic rings. The molecule has 1 unspecified atom stereocenters. The Bertz CT molecular complexity index is 1020. The lowest BCUT2D eigenvalue weighted by Crippen LogP contribution is -2.45. The molecule has 0 bridgehead atoms. The first kappa shape index (κ1) is 15.4. The van der Waals surface area contributed by atoms with E-state index >= 15 is 0 Å². The van der Waals surface area contributed by atoms with Crippen molar-refractivity contribution in [3.63, 3.8) is 0 Å². The van der Waals surface area contributed by atoms with Gasteiger partial charge in [0.2, 0.25) is 0 Å². The Morgan fingerprint density at radius 3 is 2.77 bits per heavy atom. The van der Waals surface area contributed by atoms with Crippen LogP contribution in [0.5, 0.6) is 0 Å². The van der Waals surface area contributed by atoms with Crippen LogP contribution < -0.4 is 0 Å². The monoisotopic (exact) mass is 350 g/mol. The molecule has 4 nitrogen and oxygen atoms in total. The van der Waals surface area contributed by atoms with Crippen molar-refractivity contribution < 1.29 is 13.9 Å². The summed E-state index contributed by atoms with van der Waals surface area (Å²) >= 11 is 0. The number of fused-ring (bicyclic) bond motifs is 4. The van der Waals surface area contributed by atoms with Crippen molar-refractivity contribution >= 4 is 17.0 Å². The van der Waals surface area contributed by atoms with Gasteiger partial charge in [0.1, 0.15) is 11.9 Å². The van der Waals surface area contributed by atoms with E-state index in [9.17, 15) is 9.18 Å². The summed E-state index contributed by atoms with van der Waals surface area (Å²) in [6.45, 7) is 0.593. The van der Waals surface area contributed by atoms with Crippen molar-refractivity contribution in [2.45, 2.75) is 24.3 Å². The molecule has 132 valence electrons. The van der Waals surface area contributed by atoms with Gasteiger partial charge in [-0.05, 0) is 42.2 Å². The van der Waals surface area contributed by atoms with Crippen LogP contribution in [0.4, 0.5) is 9.18 Å². The number of methoxy groups -OCH3 is 1. The van der Waals surface area contributed by atoms with E-state index < -0.39 is 0 Å². The number of aromatic nitrogens is 1. The first-order chi connectivity index (χ1) is 12.6. The smallest absolute Gasteiger partial charge is 0.410 e. The van der Waals surface area contributed by atoms with Gasteiger partial charge in [0.05, 0.1) is 7.11 Å². The molecule has 1 amide bonds. The summed E-state index contributed by atoms with van der Waals surface area (Å²) in [7, 11) is 1.39. The van der Waals surface area contributed by atoms with Crippen LogP contribution in [0.1, 0.15) is 35.7 Å². The summed E-state index contributed by atoms with van der Waals surface area (Å²) in [4.78, 5) is 17.8. The molecule has 1 saturated carbocycles. The van der Waals surface area contributed by atoms with Crippen LogP contribution in [0.25, 0.3) is 10.9 Å². The molecule has 1 spiro atoms. The SMILES string of the molecule is COC(=O)N1CC2(CC2)c2c([nH]c3ccccc23)C1c1cccc(F)c1. The lowest BCUT2D eigenvalue weighted by Gasteiger charge is -2.39. The van der Waals surface area contributed by atoms with Crippen LogP contribution in [-0.2, 0) is 10.2 Å². The molecule has 1 aliphatic heterocycles. The van der Waals surface area contributed by atoms with E-state index in [1.807, 2.05) is 18.2 Å². The molecule has 2 aliphatic rings. The minimum atomic E-state index is -0.383. The molecule has 26 heavy (non-hydrogen) atoms. The highest BCUT2D eigenvalue weighted by Gasteiger charge is 2.55. The van der Waals surface area contributed by atoms with Crippen molar-refractivity contribution in [1.82, 2.24) is 9.88 Å². The standard InChI is InChI=1S/C21H19FN2O2/c1-26-20(25)24-12-21(9-10-21)17-15-7-2-3-8-16(15)23-18(17)19(24)13-5-4-6-14(22)11-13/h2-8,11,19,23H,9-10,12H2,1H3. The number of ether oxygens (including phenoxy) is 1. The van der Waals surface area contributed by atoms with Crippen LogP contribution >= 0.6 is 0 Å². The maximum absolute atomic E-state index is 13.9. The number of carbonyl (C=O) groups is 1. The zero-order valence-electron chi connectivity index (χ0n) is 14.5. The largest absolute Gasteiger partial charge is 0.453 e. The lowest BCUT2D eigenvalue weighted by atomic mass is 9.83. The van der Waals surface area contributed by atoms with E-state index in [4.69, 9.17) is 4.74 Å². The molecular weight excluding hydrogens is 331 g/mol. The molecule has 1 N–H and O–H groups in total. The van der Waals surface area contributed by atoms with Crippen molar-refractivity contribution in [1.29, 1.82) is 0 Å².